The van der Waals surface area contributed by atoms with E-state index in [1.54, 1.807) is 35.2 Å². The van der Waals surface area contributed by atoms with Gasteiger partial charge >= 0.3 is 12.0 Å². The Kier molecular flexibility index (Phi) is 14.7. The van der Waals surface area contributed by atoms with Gasteiger partial charge in [-0.05, 0) is 96.8 Å². The minimum Gasteiger partial charge on any atom is -0.491 e. The van der Waals surface area contributed by atoms with E-state index in [1.165, 1.54) is 0 Å². The highest BCUT2D eigenvalue weighted by Gasteiger charge is 2.76. The third-order valence-corrected chi connectivity index (χ3v) is 17.0. The van der Waals surface area contributed by atoms with Crippen molar-refractivity contribution in [1.29, 1.82) is 0 Å². The van der Waals surface area contributed by atoms with Crippen LogP contribution in [0.4, 0.5) is 10.5 Å². The normalized spacial score (nSPS) is 24.5. The fourth-order valence-electron chi connectivity index (χ4n) is 13.3. The highest BCUT2D eigenvalue weighted by Crippen LogP contribution is 2.67. The number of amides is 4. The van der Waals surface area contributed by atoms with E-state index in [9.17, 15) is 10.2 Å². The Morgan fingerprint density at radius 2 is 1.44 bits per heavy atom. The molecule has 15 heteroatoms. The van der Waals surface area contributed by atoms with E-state index in [0.29, 0.717) is 72.0 Å². The van der Waals surface area contributed by atoms with Gasteiger partial charge in [0, 0.05) is 43.9 Å². The van der Waals surface area contributed by atoms with Crippen LogP contribution in [-0.4, -0.2) is 107 Å². The monoisotopic (exact) mass is 1080 g/mol. The van der Waals surface area contributed by atoms with Crippen molar-refractivity contribution in [2.24, 2.45) is 5.92 Å². The predicted octanol–water partition coefficient (Wildman–Crippen LogP) is 8.70. The lowest BCUT2D eigenvalue weighted by Crippen LogP contribution is -2.59. The van der Waals surface area contributed by atoms with Gasteiger partial charge in [-0.15, -0.1) is 0 Å². The summed E-state index contributed by atoms with van der Waals surface area (Å²) >= 11 is 0. The molecule has 1 saturated carbocycles. The topological polar surface area (TPSA) is 171 Å². The van der Waals surface area contributed by atoms with Gasteiger partial charge in [-0.25, -0.2) is 9.69 Å². The van der Waals surface area contributed by atoms with Crippen LogP contribution >= 0.6 is 0 Å². The zero-order valence-electron chi connectivity index (χ0n) is 44.7. The summed E-state index contributed by atoms with van der Waals surface area (Å²) in [7, 11) is 0. The van der Waals surface area contributed by atoms with E-state index >= 15 is 19.2 Å². The predicted molar refractivity (Wildman–Crippen MR) is 298 cm³/mol. The van der Waals surface area contributed by atoms with Gasteiger partial charge in [0.15, 0.2) is 11.5 Å². The smallest absolute Gasteiger partial charge is 0.329 e. The first kappa shape index (κ1) is 52.7. The van der Waals surface area contributed by atoms with Crippen molar-refractivity contribution in [1.82, 2.24) is 20.0 Å². The fourth-order valence-corrected chi connectivity index (χ4v) is 13.3. The number of aliphatic hydroxyl groups is 2. The van der Waals surface area contributed by atoms with Gasteiger partial charge in [0.1, 0.15) is 35.5 Å². The second-order valence-corrected chi connectivity index (χ2v) is 21.8. The Bertz CT molecular complexity index is 3330. The van der Waals surface area contributed by atoms with Crippen LogP contribution in [0.1, 0.15) is 109 Å². The number of hydrogen-bond donors (Lipinski definition) is 3. The van der Waals surface area contributed by atoms with E-state index in [0.717, 1.165) is 47.3 Å². The maximum Gasteiger partial charge on any atom is 0.329 e. The van der Waals surface area contributed by atoms with Crippen molar-refractivity contribution in [2.75, 3.05) is 51.1 Å². The third kappa shape index (κ3) is 9.63. The molecule has 0 bridgehead atoms. The Labute approximate surface area is 466 Å². The minimum absolute atomic E-state index is 0.102. The average Bonchev–Trinajstić information content (AvgIpc) is 3.26. The number of rotatable bonds is 11. The number of benzene rings is 6. The van der Waals surface area contributed by atoms with Gasteiger partial charge < -0.3 is 39.4 Å². The van der Waals surface area contributed by atoms with E-state index in [2.05, 4.69) is 22.1 Å². The molecule has 7 atom stereocenters. The van der Waals surface area contributed by atoms with Crippen LogP contribution in [0.15, 0.2) is 152 Å². The number of piperazine rings is 1. The number of hydrogen-bond acceptors (Lipinski definition) is 12. The number of cyclic esters (lactones) is 1. The van der Waals surface area contributed by atoms with E-state index in [1.807, 2.05) is 133 Å². The second kappa shape index (κ2) is 22.3. The molecule has 410 valence electrons. The molecule has 0 radical (unpaired) electrons. The molecule has 0 unspecified atom stereocenters. The summed E-state index contributed by atoms with van der Waals surface area (Å²) in [6.07, 6.45) is 3.73. The zero-order chi connectivity index (χ0) is 55.0. The van der Waals surface area contributed by atoms with Gasteiger partial charge in [-0.3, -0.25) is 24.2 Å². The Hall–Kier alpha value is -8.00. The molecule has 3 saturated heterocycles. The number of aliphatic hydroxyl groups excluding tert-OH is 1. The van der Waals surface area contributed by atoms with Crippen LogP contribution in [0.3, 0.4) is 0 Å². The first-order valence-electron chi connectivity index (χ1n) is 28.0. The lowest BCUT2D eigenvalue weighted by atomic mass is 9.64. The number of ether oxygens (including phenoxy) is 4. The van der Waals surface area contributed by atoms with E-state index < -0.39 is 71.0 Å². The Balaban J connectivity index is 1.08. The van der Waals surface area contributed by atoms with Gasteiger partial charge in [0.05, 0.1) is 36.3 Å². The summed E-state index contributed by atoms with van der Waals surface area (Å²) in [5.74, 6) is 4.82. The highest BCUT2D eigenvalue weighted by molar-refractivity contribution is 6.24. The number of carbonyl (C=O) groups excluding carboxylic acids is 4. The van der Waals surface area contributed by atoms with Crippen molar-refractivity contribution in [2.45, 2.75) is 93.3 Å². The van der Waals surface area contributed by atoms with Crippen molar-refractivity contribution >= 4 is 29.5 Å². The summed E-state index contributed by atoms with van der Waals surface area (Å²) < 4.78 is 24.5. The van der Waals surface area contributed by atoms with Crippen LogP contribution in [0, 0.1) is 17.8 Å². The Morgan fingerprint density at radius 3 is 2.16 bits per heavy atom. The molecule has 6 aliphatic rings. The number of carbonyl (C=O) groups is 4. The molecule has 5 heterocycles. The lowest BCUT2D eigenvalue weighted by Gasteiger charge is -2.46. The fraction of sp³-hybridized carbons (Fsp3) is 0.354. The van der Waals surface area contributed by atoms with E-state index in [-0.39, 0.29) is 38.8 Å². The first-order valence-corrected chi connectivity index (χ1v) is 28.0. The standard InChI is InChI=1S/C65H65N5O10/c1-43(46-17-7-4-8-18-46)66-63(75)69-51-27-25-44(29-32-64(76)30-15-2-3-16-31-64)39-50(51)65(62(69)74)55(60(72)68-35-33-67(34-36-68)41-45-26-28-53-54(40-45)79-42-78-53)57-61(73)80-58(48-21-11-6-12-22-48)56(47-19-9-5-10-20-47)70(57)59(65)49-23-13-14-24-52(49)77-38-37-71/h4-14,17-28,39-40,43,55-59,71,76H,2-3,15-16,30-31,33-38,41-42H2,1H3,(H,66,75)/t43-,55-,56-,57-,58+,59+,65-/m1/s1. The maximum atomic E-state index is 17.2. The van der Waals surface area contributed by atoms with Gasteiger partial charge in [-0.1, -0.05) is 140 Å². The summed E-state index contributed by atoms with van der Waals surface area (Å²) in [6, 6.07) is 42.2. The van der Waals surface area contributed by atoms with Gasteiger partial charge in [0.2, 0.25) is 18.6 Å². The number of nitrogens with one attached hydrogen (secondary N) is 1. The summed E-state index contributed by atoms with van der Waals surface area (Å²) in [4.78, 5) is 72.4. The molecule has 15 nitrogen and oxygen atoms in total. The molecule has 4 amide bonds. The van der Waals surface area contributed by atoms with Gasteiger partial charge in [0.25, 0.3) is 0 Å². The molecular formula is C65H65N5O10. The number of imide groups is 1. The van der Waals surface area contributed by atoms with Gasteiger partial charge in [-0.2, -0.15) is 0 Å². The molecule has 80 heavy (non-hydrogen) atoms. The van der Waals surface area contributed by atoms with Crippen molar-refractivity contribution in [3.05, 3.63) is 191 Å². The second-order valence-electron chi connectivity index (χ2n) is 21.8. The number of esters is 1. The molecule has 12 rings (SSSR count). The zero-order valence-corrected chi connectivity index (χ0v) is 44.7. The van der Waals surface area contributed by atoms with E-state index in [4.69, 9.17) is 18.9 Å². The van der Waals surface area contributed by atoms with Crippen LogP contribution in [0.25, 0.3) is 0 Å². The number of para-hydroxylation sites is 1. The first-order chi connectivity index (χ1) is 39.1. The summed E-state index contributed by atoms with van der Waals surface area (Å²) in [5, 5.41) is 25.3. The number of nitrogens with zero attached hydrogens (tertiary/aromatic N) is 4. The molecule has 1 aliphatic carbocycles. The molecule has 5 aliphatic heterocycles. The van der Waals surface area contributed by atoms with Crippen LogP contribution in [0.5, 0.6) is 17.2 Å². The highest BCUT2D eigenvalue weighted by atomic mass is 16.7. The molecule has 3 N–H and O–H groups in total. The molecule has 0 aromatic heterocycles. The molecule has 4 fully saturated rings. The Morgan fingerprint density at radius 1 is 0.762 bits per heavy atom. The van der Waals surface area contributed by atoms with Crippen LogP contribution in [-0.2, 0) is 31.1 Å². The van der Waals surface area contributed by atoms with Crippen LogP contribution < -0.4 is 24.4 Å². The average molecular weight is 1080 g/mol. The van der Waals surface area contributed by atoms with Crippen LogP contribution in [0.2, 0.25) is 0 Å². The van der Waals surface area contributed by atoms with Crippen molar-refractivity contribution in [3.8, 4) is 29.1 Å². The summed E-state index contributed by atoms with van der Waals surface area (Å²) in [6.45, 7) is 3.63. The largest absolute Gasteiger partial charge is 0.491 e. The molecule has 1 spiro atoms. The molecular weight excluding hydrogens is 1010 g/mol. The number of morpholine rings is 1. The van der Waals surface area contributed by atoms with Crippen molar-refractivity contribution < 1.29 is 48.3 Å². The maximum absolute atomic E-state index is 17.2. The minimum atomic E-state index is -2.08. The lowest BCUT2D eigenvalue weighted by molar-refractivity contribution is -0.179. The molecule has 6 aromatic rings. The van der Waals surface area contributed by atoms with Crippen molar-refractivity contribution in [3.63, 3.8) is 0 Å². The number of urea groups is 1. The number of anilines is 1. The SMILES string of the molecule is C[C@@H](NC(=O)N1C(=O)[C@@]2(c3cc(C#CC4(O)CCCCCC4)ccc31)[C@H](c1ccccc1OCCO)N1[C@H](c3ccccc3)[C@H](c3ccccc3)OC(=O)[C@H]1[C@@H]2C(=O)N1CCN(Cc2ccc3c(c2)OCO3)CC1)c1ccccc1. The third-order valence-electron chi connectivity index (χ3n) is 17.0. The summed E-state index contributed by atoms with van der Waals surface area (Å²) in [5.41, 5.74) is 1.40. The molecule has 6 aromatic carbocycles. The number of fused-ring (bicyclic) bond motifs is 4. The quantitative estimate of drug-likeness (QED) is 0.0642.